The maximum atomic E-state index is 11.0. The van der Waals surface area contributed by atoms with E-state index in [9.17, 15) is 4.79 Å². The highest BCUT2D eigenvalue weighted by Gasteiger charge is 2.11. The van der Waals surface area contributed by atoms with E-state index in [1.165, 1.54) is 5.56 Å². The van der Waals surface area contributed by atoms with Crippen LogP contribution in [0.2, 0.25) is 0 Å². The lowest BCUT2D eigenvalue weighted by Crippen LogP contribution is -2.13. The molecule has 0 aliphatic rings. The van der Waals surface area contributed by atoms with E-state index >= 15 is 0 Å². The number of nitrogens with two attached hydrogens (primary N) is 2. The number of aryl methyl sites for hydroxylation is 2. The number of aromatic nitrogens is 2. The monoisotopic (exact) mass is 230 g/mol. The van der Waals surface area contributed by atoms with E-state index < -0.39 is 5.91 Å². The van der Waals surface area contributed by atoms with Crippen molar-refractivity contribution in [2.45, 2.75) is 12.8 Å². The van der Waals surface area contributed by atoms with Gasteiger partial charge in [0, 0.05) is 6.42 Å². The highest BCUT2D eigenvalue weighted by Crippen LogP contribution is 2.10. The van der Waals surface area contributed by atoms with Gasteiger partial charge >= 0.3 is 0 Å². The van der Waals surface area contributed by atoms with Crippen molar-refractivity contribution in [3.05, 3.63) is 47.4 Å². The van der Waals surface area contributed by atoms with Gasteiger partial charge in [-0.1, -0.05) is 30.3 Å². The molecule has 88 valence electrons. The molecule has 0 aliphatic heterocycles. The molecule has 17 heavy (non-hydrogen) atoms. The Kier molecular flexibility index (Phi) is 3.09. The zero-order valence-corrected chi connectivity index (χ0v) is 9.31. The average Bonchev–Trinajstić information content (AvgIpc) is 2.69. The van der Waals surface area contributed by atoms with E-state index in [4.69, 9.17) is 11.5 Å². The third-order valence-electron chi connectivity index (χ3n) is 2.52. The number of carbonyl (C=O) groups is 1. The van der Waals surface area contributed by atoms with E-state index in [0.29, 0.717) is 12.2 Å². The first-order chi connectivity index (χ1) is 8.16. The molecule has 1 aromatic heterocycles. The third kappa shape index (κ3) is 2.63. The number of carbonyl (C=O) groups excluding carboxylic acids is 1. The second-order valence-corrected chi connectivity index (χ2v) is 3.79. The van der Waals surface area contributed by atoms with Crippen LogP contribution in [0.15, 0.2) is 30.3 Å². The Hall–Kier alpha value is -2.30. The van der Waals surface area contributed by atoms with Gasteiger partial charge in [0.05, 0.1) is 0 Å². The summed E-state index contributed by atoms with van der Waals surface area (Å²) < 4.78 is 0. The predicted molar refractivity (Wildman–Crippen MR) is 65.4 cm³/mol. The topological polar surface area (TPSA) is 97.8 Å². The van der Waals surface area contributed by atoms with Gasteiger partial charge in [-0.3, -0.25) is 4.79 Å². The van der Waals surface area contributed by atoms with Crippen molar-refractivity contribution in [3.63, 3.8) is 0 Å². The summed E-state index contributed by atoms with van der Waals surface area (Å²) in [4.78, 5) is 17.9. The Balaban J connectivity index is 2.05. The number of hydrogen-bond donors (Lipinski definition) is 3. The van der Waals surface area contributed by atoms with E-state index in [1.54, 1.807) is 0 Å². The summed E-state index contributed by atoms with van der Waals surface area (Å²) in [5, 5.41) is 0. The molecule has 1 heterocycles. The van der Waals surface area contributed by atoms with Crippen molar-refractivity contribution in [1.82, 2.24) is 9.97 Å². The number of primary amides is 1. The molecule has 0 aliphatic carbocycles. The summed E-state index contributed by atoms with van der Waals surface area (Å²) >= 11 is 0. The van der Waals surface area contributed by atoms with Crippen LogP contribution in [0, 0.1) is 0 Å². The number of nitrogens with one attached hydrogen (secondary N) is 1. The predicted octanol–water partition coefficient (Wildman–Crippen LogP) is 0.876. The quantitative estimate of drug-likeness (QED) is 0.727. The van der Waals surface area contributed by atoms with E-state index in [0.717, 1.165) is 6.42 Å². The van der Waals surface area contributed by atoms with Crippen molar-refractivity contribution >= 4 is 11.7 Å². The van der Waals surface area contributed by atoms with Gasteiger partial charge in [0.25, 0.3) is 5.91 Å². The van der Waals surface area contributed by atoms with Gasteiger partial charge in [0.1, 0.15) is 11.5 Å². The number of rotatable bonds is 4. The molecule has 5 heteroatoms. The van der Waals surface area contributed by atoms with Crippen LogP contribution in [0.3, 0.4) is 0 Å². The molecule has 0 saturated heterocycles. The van der Waals surface area contributed by atoms with Crippen LogP contribution in [0.1, 0.15) is 21.9 Å². The molecule has 5 N–H and O–H groups in total. The van der Waals surface area contributed by atoms with Crippen LogP contribution in [0.4, 0.5) is 5.82 Å². The summed E-state index contributed by atoms with van der Waals surface area (Å²) in [6.45, 7) is 0. The first kappa shape index (κ1) is 11.2. The van der Waals surface area contributed by atoms with E-state index in [1.807, 2.05) is 30.3 Å². The Morgan fingerprint density at radius 3 is 2.53 bits per heavy atom. The van der Waals surface area contributed by atoms with E-state index in [-0.39, 0.29) is 11.5 Å². The highest BCUT2D eigenvalue weighted by atomic mass is 16.1. The van der Waals surface area contributed by atoms with Crippen LogP contribution >= 0.6 is 0 Å². The van der Waals surface area contributed by atoms with Crippen LogP contribution in [-0.4, -0.2) is 15.9 Å². The first-order valence-electron chi connectivity index (χ1n) is 5.35. The van der Waals surface area contributed by atoms with Gasteiger partial charge in [0.15, 0.2) is 5.82 Å². The first-order valence-corrected chi connectivity index (χ1v) is 5.35. The van der Waals surface area contributed by atoms with Crippen molar-refractivity contribution in [2.24, 2.45) is 5.73 Å². The fourth-order valence-electron chi connectivity index (χ4n) is 1.65. The Morgan fingerprint density at radius 1 is 1.24 bits per heavy atom. The van der Waals surface area contributed by atoms with Gasteiger partial charge in [-0.25, -0.2) is 4.98 Å². The smallest absolute Gasteiger partial charge is 0.269 e. The Labute approximate surface area is 98.9 Å². The summed E-state index contributed by atoms with van der Waals surface area (Å²) in [7, 11) is 0. The molecule has 1 aromatic carbocycles. The van der Waals surface area contributed by atoms with Crippen molar-refractivity contribution in [1.29, 1.82) is 0 Å². The summed E-state index contributed by atoms with van der Waals surface area (Å²) in [5.74, 6) is 0.265. The number of nitrogens with zero attached hydrogens (tertiary/aromatic N) is 1. The van der Waals surface area contributed by atoms with Gasteiger partial charge in [0.2, 0.25) is 0 Å². The minimum absolute atomic E-state index is 0.167. The lowest BCUT2D eigenvalue weighted by atomic mass is 10.1. The summed E-state index contributed by atoms with van der Waals surface area (Å²) in [6.07, 6.45) is 1.54. The molecular weight excluding hydrogens is 216 g/mol. The standard InChI is InChI=1S/C12H14N4O/c13-11-10(12(14)17)15-9(16-11)7-6-8-4-2-1-3-5-8/h1-5H,6-7,13H2,(H2,14,17)(H,15,16). The number of benzene rings is 1. The normalized spacial score (nSPS) is 10.4. The second kappa shape index (κ2) is 4.69. The third-order valence-corrected chi connectivity index (χ3v) is 2.52. The van der Waals surface area contributed by atoms with Crippen molar-refractivity contribution < 1.29 is 4.79 Å². The molecule has 0 radical (unpaired) electrons. The molecule has 0 atom stereocenters. The number of anilines is 1. The van der Waals surface area contributed by atoms with Gasteiger partial charge in [-0.05, 0) is 12.0 Å². The number of hydrogen-bond acceptors (Lipinski definition) is 3. The Morgan fingerprint density at radius 2 is 1.94 bits per heavy atom. The van der Waals surface area contributed by atoms with Crippen LogP contribution in [0.25, 0.3) is 0 Å². The number of aromatic amines is 1. The lowest BCUT2D eigenvalue weighted by Gasteiger charge is -1.98. The Bertz CT molecular complexity index is 519. The van der Waals surface area contributed by atoms with Gasteiger partial charge < -0.3 is 16.5 Å². The molecular formula is C12H14N4O. The molecule has 0 fully saturated rings. The minimum atomic E-state index is -0.582. The SMILES string of the molecule is NC(=O)c1[nH]c(CCc2ccccc2)nc1N. The zero-order valence-electron chi connectivity index (χ0n) is 9.31. The van der Waals surface area contributed by atoms with Gasteiger partial charge in [-0.15, -0.1) is 0 Å². The van der Waals surface area contributed by atoms with E-state index in [2.05, 4.69) is 9.97 Å². The zero-order chi connectivity index (χ0) is 12.3. The molecule has 5 nitrogen and oxygen atoms in total. The fraction of sp³-hybridized carbons (Fsp3) is 0.167. The number of imidazole rings is 1. The molecule has 2 rings (SSSR count). The lowest BCUT2D eigenvalue weighted by molar-refractivity contribution is 0.0997. The largest absolute Gasteiger partial charge is 0.382 e. The van der Waals surface area contributed by atoms with Crippen LogP contribution in [0.5, 0.6) is 0 Å². The molecule has 2 aromatic rings. The summed E-state index contributed by atoms with van der Waals surface area (Å²) in [5.41, 5.74) is 12.1. The number of H-pyrrole nitrogens is 1. The van der Waals surface area contributed by atoms with Crippen LogP contribution in [-0.2, 0) is 12.8 Å². The molecule has 0 saturated carbocycles. The molecule has 0 bridgehead atoms. The van der Waals surface area contributed by atoms with Crippen LogP contribution < -0.4 is 11.5 Å². The maximum Gasteiger partial charge on any atom is 0.269 e. The fourth-order valence-corrected chi connectivity index (χ4v) is 1.65. The summed E-state index contributed by atoms with van der Waals surface area (Å²) in [6, 6.07) is 10.0. The molecule has 0 spiro atoms. The molecule has 1 amide bonds. The maximum absolute atomic E-state index is 11.0. The van der Waals surface area contributed by atoms with Gasteiger partial charge in [-0.2, -0.15) is 0 Å². The second-order valence-electron chi connectivity index (χ2n) is 3.79. The average molecular weight is 230 g/mol. The number of nitrogen functional groups attached to an aromatic ring is 1. The van der Waals surface area contributed by atoms with Crippen molar-refractivity contribution in [2.75, 3.05) is 5.73 Å². The molecule has 0 unspecified atom stereocenters. The highest BCUT2D eigenvalue weighted by molar-refractivity contribution is 5.95. The minimum Gasteiger partial charge on any atom is -0.382 e. The van der Waals surface area contributed by atoms with Crippen molar-refractivity contribution in [3.8, 4) is 0 Å². The number of amides is 1.